The van der Waals surface area contributed by atoms with Gasteiger partial charge >= 0.3 is 0 Å². The van der Waals surface area contributed by atoms with Gasteiger partial charge in [-0.05, 0) is 41.3 Å². The van der Waals surface area contributed by atoms with Gasteiger partial charge in [0.25, 0.3) is 0 Å². The Hall–Kier alpha value is -1.89. The average Bonchev–Trinajstić information content (AvgIpc) is 2.55. The maximum absolute atomic E-state index is 11.5. The van der Waals surface area contributed by atoms with Crippen LogP contribution in [0.1, 0.15) is 11.1 Å². The normalized spacial score (nSPS) is 14.9. The van der Waals surface area contributed by atoms with Crippen molar-refractivity contribution in [2.75, 3.05) is 25.9 Å². The average molecular weight is 360 g/mol. The fraction of sp³-hybridized carbons (Fsp3) is 0.368. The highest BCUT2D eigenvalue weighted by Gasteiger charge is 2.15. The van der Waals surface area contributed by atoms with Gasteiger partial charge in [-0.2, -0.15) is 0 Å². The predicted molar refractivity (Wildman–Crippen MR) is 98.4 cm³/mol. The lowest BCUT2D eigenvalue weighted by molar-refractivity contribution is 0.305. The van der Waals surface area contributed by atoms with Gasteiger partial charge in [-0.1, -0.05) is 24.3 Å². The minimum Gasteiger partial charge on any atom is -0.489 e. The molecular weight excluding hydrogens is 336 g/mol. The number of hydrogen-bond acceptors (Lipinski definition) is 5. The third-order valence-corrected chi connectivity index (χ3v) is 5.41. The highest BCUT2D eigenvalue weighted by Crippen LogP contribution is 2.16. The standard InChI is InChI=1S/C19H24N2O3S/c1-25(22,23)19-7-5-15(6-8-19)14-24-18-4-2-3-16(9-18)10-20-11-17-12-21-13-17/h2-9,17,20-21H,10-14H2,1H3. The molecule has 1 aliphatic heterocycles. The smallest absolute Gasteiger partial charge is 0.175 e. The highest BCUT2D eigenvalue weighted by atomic mass is 32.2. The van der Waals surface area contributed by atoms with Gasteiger partial charge < -0.3 is 15.4 Å². The van der Waals surface area contributed by atoms with E-state index in [2.05, 4.69) is 16.7 Å². The van der Waals surface area contributed by atoms with Gasteiger partial charge in [0.2, 0.25) is 0 Å². The fourth-order valence-electron chi connectivity index (χ4n) is 2.66. The van der Waals surface area contributed by atoms with E-state index in [4.69, 9.17) is 4.74 Å². The summed E-state index contributed by atoms with van der Waals surface area (Å²) in [6.45, 7) is 4.48. The van der Waals surface area contributed by atoms with E-state index in [0.29, 0.717) is 11.5 Å². The molecule has 25 heavy (non-hydrogen) atoms. The van der Waals surface area contributed by atoms with Crippen molar-refractivity contribution in [3.8, 4) is 5.75 Å². The summed E-state index contributed by atoms with van der Waals surface area (Å²) in [6.07, 6.45) is 1.21. The highest BCUT2D eigenvalue weighted by molar-refractivity contribution is 7.90. The van der Waals surface area contributed by atoms with Crippen LogP contribution in [0.4, 0.5) is 0 Å². The Morgan fingerprint density at radius 2 is 1.88 bits per heavy atom. The Balaban J connectivity index is 1.51. The Morgan fingerprint density at radius 3 is 2.52 bits per heavy atom. The third-order valence-electron chi connectivity index (χ3n) is 4.28. The first-order valence-electron chi connectivity index (χ1n) is 8.43. The molecule has 0 saturated carbocycles. The van der Waals surface area contributed by atoms with Gasteiger partial charge in [0.05, 0.1) is 4.90 Å². The van der Waals surface area contributed by atoms with Crippen LogP contribution in [-0.2, 0) is 23.0 Å². The second-order valence-electron chi connectivity index (χ2n) is 6.51. The first-order chi connectivity index (χ1) is 12.0. The van der Waals surface area contributed by atoms with E-state index < -0.39 is 9.84 Å². The monoisotopic (exact) mass is 360 g/mol. The molecular formula is C19H24N2O3S. The van der Waals surface area contributed by atoms with Crippen LogP contribution in [0.3, 0.4) is 0 Å². The molecule has 1 aliphatic rings. The Morgan fingerprint density at radius 1 is 1.12 bits per heavy atom. The third kappa shape index (κ3) is 5.29. The van der Waals surface area contributed by atoms with Crippen molar-refractivity contribution in [3.63, 3.8) is 0 Å². The molecule has 0 unspecified atom stereocenters. The molecule has 0 radical (unpaired) electrons. The first-order valence-corrected chi connectivity index (χ1v) is 10.3. The molecule has 2 aromatic rings. The van der Waals surface area contributed by atoms with E-state index >= 15 is 0 Å². The Kier molecular flexibility index (Phi) is 5.73. The number of hydrogen-bond donors (Lipinski definition) is 2. The lowest BCUT2D eigenvalue weighted by Gasteiger charge is -2.27. The maximum Gasteiger partial charge on any atom is 0.175 e. The van der Waals surface area contributed by atoms with Crippen LogP contribution in [0.5, 0.6) is 5.75 Å². The number of benzene rings is 2. The van der Waals surface area contributed by atoms with E-state index in [1.54, 1.807) is 24.3 Å². The largest absolute Gasteiger partial charge is 0.489 e. The van der Waals surface area contributed by atoms with E-state index in [0.717, 1.165) is 43.4 Å². The van der Waals surface area contributed by atoms with Crippen LogP contribution in [0.2, 0.25) is 0 Å². The van der Waals surface area contributed by atoms with Gasteiger partial charge in [-0.15, -0.1) is 0 Å². The molecule has 1 heterocycles. The van der Waals surface area contributed by atoms with Crippen LogP contribution in [-0.4, -0.2) is 34.3 Å². The molecule has 0 spiro atoms. The topological polar surface area (TPSA) is 67.4 Å². The zero-order chi connectivity index (χ0) is 17.7. The quantitative estimate of drug-likeness (QED) is 0.753. The van der Waals surface area contributed by atoms with E-state index in [9.17, 15) is 8.42 Å². The molecule has 1 saturated heterocycles. The summed E-state index contributed by atoms with van der Waals surface area (Å²) in [5, 5.41) is 6.74. The van der Waals surface area contributed by atoms with Gasteiger partial charge in [0.15, 0.2) is 9.84 Å². The number of ether oxygens (including phenoxy) is 1. The molecule has 134 valence electrons. The zero-order valence-corrected chi connectivity index (χ0v) is 15.2. The Labute approximate surface area is 149 Å². The molecule has 2 aromatic carbocycles. The molecule has 5 nitrogen and oxygen atoms in total. The minimum atomic E-state index is -3.16. The summed E-state index contributed by atoms with van der Waals surface area (Å²) in [6, 6.07) is 14.8. The predicted octanol–water partition coefficient (Wildman–Crippen LogP) is 1.98. The van der Waals surface area contributed by atoms with Crippen molar-refractivity contribution in [3.05, 3.63) is 59.7 Å². The van der Waals surface area contributed by atoms with Crippen molar-refractivity contribution >= 4 is 9.84 Å². The number of rotatable bonds is 8. The zero-order valence-electron chi connectivity index (χ0n) is 14.4. The van der Waals surface area contributed by atoms with Crippen molar-refractivity contribution < 1.29 is 13.2 Å². The summed E-state index contributed by atoms with van der Waals surface area (Å²) >= 11 is 0. The molecule has 0 aromatic heterocycles. The lowest BCUT2D eigenvalue weighted by Crippen LogP contribution is -2.47. The van der Waals surface area contributed by atoms with Gasteiger partial charge in [-0.3, -0.25) is 0 Å². The van der Waals surface area contributed by atoms with Crippen LogP contribution in [0.25, 0.3) is 0 Å². The molecule has 1 fully saturated rings. The van der Waals surface area contributed by atoms with E-state index in [1.807, 2.05) is 18.2 Å². The molecule has 6 heteroatoms. The molecule has 3 rings (SSSR count). The van der Waals surface area contributed by atoms with E-state index in [-0.39, 0.29) is 0 Å². The van der Waals surface area contributed by atoms with Crippen LogP contribution in [0.15, 0.2) is 53.4 Å². The van der Waals surface area contributed by atoms with Gasteiger partial charge in [-0.25, -0.2) is 8.42 Å². The van der Waals surface area contributed by atoms with Gasteiger partial charge in [0, 0.05) is 32.4 Å². The number of nitrogens with one attached hydrogen (secondary N) is 2. The fourth-order valence-corrected chi connectivity index (χ4v) is 3.29. The summed E-state index contributed by atoms with van der Waals surface area (Å²) in [7, 11) is -3.16. The van der Waals surface area contributed by atoms with Crippen molar-refractivity contribution in [2.45, 2.75) is 18.0 Å². The molecule has 0 aliphatic carbocycles. The summed E-state index contributed by atoms with van der Waals surface area (Å²) < 4.78 is 28.8. The molecule has 0 bridgehead atoms. The SMILES string of the molecule is CS(=O)(=O)c1ccc(COc2cccc(CNCC3CNC3)c2)cc1. The molecule has 2 N–H and O–H groups in total. The maximum atomic E-state index is 11.5. The first kappa shape index (κ1) is 17.9. The molecule has 0 atom stereocenters. The minimum absolute atomic E-state index is 0.325. The van der Waals surface area contributed by atoms with Crippen molar-refractivity contribution in [1.82, 2.24) is 10.6 Å². The number of sulfone groups is 1. The van der Waals surface area contributed by atoms with Crippen molar-refractivity contribution in [2.24, 2.45) is 5.92 Å². The van der Waals surface area contributed by atoms with Gasteiger partial charge in [0.1, 0.15) is 12.4 Å². The second kappa shape index (κ2) is 7.99. The summed E-state index contributed by atoms with van der Waals surface area (Å²) in [5.41, 5.74) is 2.13. The Bertz CT molecular complexity index is 800. The van der Waals surface area contributed by atoms with Crippen LogP contribution in [0, 0.1) is 5.92 Å². The summed E-state index contributed by atoms with van der Waals surface area (Å²) in [4.78, 5) is 0.325. The second-order valence-corrected chi connectivity index (χ2v) is 8.52. The molecule has 0 amide bonds. The van der Waals surface area contributed by atoms with E-state index in [1.165, 1.54) is 11.8 Å². The van der Waals surface area contributed by atoms with Crippen LogP contribution >= 0.6 is 0 Å². The van der Waals surface area contributed by atoms with Crippen LogP contribution < -0.4 is 15.4 Å². The summed E-state index contributed by atoms with van der Waals surface area (Å²) in [5.74, 6) is 1.56. The lowest BCUT2D eigenvalue weighted by atomic mass is 10.0. The van der Waals surface area contributed by atoms with Crippen molar-refractivity contribution in [1.29, 1.82) is 0 Å².